The topological polar surface area (TPSA) is 80.7 Å². The van der Waals surface area contributed by atoms with Crippen molar-refractivity contribution >= 4 is 17.5 Å². The molecule has 2 N–H and O–H groups in total. The number of nitrogens with zero attached hydrogens (tertiary/aromatic N) is 1. The molecule has 6 nitrogen and oxygen atoms in total. The van der Waals surface area contributed by atoms with Gasteiger partial charge in [-0.15, -0.1) is 0 Å². The first-order chi connectivity index (χ1) is 12.5. The lowest BCUT2D eigenvalue weighted by molar-refractivity contribution is 0.0234. The lowest BCUT2D eigenvalue weighted by Gasteiger charge is -2.38. The van der Waals surface area contributed by atoms with E-state index >= 15 is 0 Å². The van der Waals surface area contributed by atoms with Crippen LogP contribution in [0.3, 0.4) is 0 Å². The summed E-state index contributed by atoms with van der Waals surface area (Å²) in [5.74, 6) is 0.797. The Morgan fingerprint density at radius 1 is 1.27 bits per heavy atom. The molecule has 0 bridgehead atoms. The molecule has 138 valence electrons. The van der Waals surface area contributed by atoms with Crippen LogP contribution in [-0.4, -0.2) is 36.3 Å². The average Bonchev–Trinajstić information content (AvgIpc) is 2.63. The Labute approximate surface area is 157 Å². The van der Waals surface area contributed by atoms with Crippen molar-refractivity contribution in [2.75, 3.05) is 14.2 Å². The van der Waals surface area contributed by atoms with Crippen LogP contribution in [0.4, 0.5) is 0 Å². The summed E-state index contributed by atoms with van der Waals surface area (Å²) < 4.78 is 10.4. The third kappa shape index (κ3) is 3.92. The van der Waals surface area contributed by atoms with Gasteiger partial charge in [0.15, 0.2) is 0 Å². The molecule has 1 aromatic carbocycles. The van der Waals surface area contributed by atoms with Crippen molar-refractivity contribution in [2.45, 2.75) is 25.0 Å². The van der Waals surface area contributed by atoms with Gasteiger partial charge >= 0.3 is 0 Å². The molecule has 7 heteroatoms. The molecular weight excluding hydrogens is 356 g/mol. The molecule has 26 heavy (non-hydrogen) atoms. The molecule has 1 saturated carbocycles. The fourth-order valence-electron chi connectivity index (χ4n) is 3.14. The predicted molar refractivity (Wildman–Crippen MR) is 97.7 cm³/mol. The number of aliphatic hydroxyl groups excluding tert-OH is 1. The van der Waals surface area contributed by atoms with Crippen LogP contribution in [0.1, 0.15) is 34.8 Å². The first-order valence-corrected chi connectivity index (χ1v) is 8.72. The number of rotatable bonds is 6. The van der Waals surface area contributed by atoms with Crippen LogP contribution in [0.15, 0.2) is 36.5 Å². The van der Waals surface area contributed by atoms with Gasteiger partial charge in [-0.05, 0) is 42.5 Å². The summed E-state index contributed by atoms with van der Waals surface area (Å²) in [4.78, 5) is 17.1. The monoisotopic (exact) mass is 376 g/mol. The number of aromatic nitrogens is 1. The van der Waals surface area contributed by atoms with Crippen molar-refractivity contribution in [2.24, 2.45) is 5.92 Å². The normalized spacial score (nSPS) is 20.0. The minimum absolute atomic E-state index is 0.141. The molecule has 0 radical (unpaired) electrons. The fourth-order valence-corrected chi connectivity index (χ4v) is 3.31. The minimum Gasteiger partial charge on any atom is -0.496 e. The molecule has 1 unspecified atom stereocenters. The molecule has 1 fully saturated rings. The summed E-state index contributed by atoms with van der Waals surface area (Å²) in [5, 5.41) is 13.2. The molecule has 1 aromatic heterocycles. The van der Waals surface area contributed by atoms with Gasteiger partial charge in [-0.3, -0.25) is 4.79 Å². The van der Waals surface area contributed by atoms with Gasteiger partial charge in [0.2, 0.25) is 5.88 Å². The van der Waals surface area contributed by atoms with E-state index in [1.165, 1.54) is 7.11 Å². The van der Waals surface area contributed by atoms with Gasteiger partial charge < -0.3 is 19.9 Å². The van der Waals surface area contributed by atoms with E-state index in [0.717, 1.165) is 5.56 Å². The number of pyridine rings is 1. The number of amides is 1. The smallest absolute Gasteiger partial charge is 0.255 e. The Kier molecular flexibility index (Phi) is 5.64. The van der Waals surface area contributed by atoms with E-state index in [1.807, 2.05) is 6.07 Å². The molecule has 1 aliphatic carbocycles. The second-order valence-electron chi connectivity index (χ2n) is 6.31. The maximum absolute atomic E-state index is 12.8. The van der Waals surface area contributed by atoms with Gasteiger partial charge in [-0.1, -0.05) is 17.7 Å². The lowest BCUT2D eigenvalue weighted by Crippen LogP contribution is -2.41. The molecule has 1 aliphatic rings. The van der Waals surface area contributed by atoms with Crippen LogP contribution >= 0.6 is 11.6 Å². The van der Waals surface area contributed by atoms with E-state index in [-0.39, 0.29) is 24.0 Å². The number of hydrogen-bond acceptors (Lipinski definition) is 5. The molecule has 1 atom stereocenters. The first kappa shape index (κ1) is 18.5. The standard InChI is InChI=1S/C19H21ClN2O4/c1-25-16-9-13(20)4-5-15(16)19(24)22-18(12-7-14(23)8-12)11-3-6-17(26-2)21-10-11/h3-6,9-10,12,14,18,23H,7-8H2,1-2H3,(H,22,24). The highest BCUT2D eigenvalue weighted by Gasteiger charge is 2.36. The Hall–Kier alpha value is -2.31. The Balaban J connectivity index is 1.84. The number of hydrogen-bond donors (Lipinski definition) is 2. The molecule has 0 saturated heterocycles. The molecule has 1 amide bonds. The molecule has 0 spiro atoms. The van der Waals surface area contributed by atoms with Crippen LogP contribution in [-0.2, 0) is 0 Å². The average molecular weight is 377 g/mol. The van der Waals surface area contributed by atoms with E-state index in [9.17, 15) is 9.90 Å². The fraction of sp³-hybridized carbons (Fsp3) is 0.368. The van der Waals surface area contributed by atoms with Crippen molar-refractivity contribution in [3.05, 3.63) is 52.7 Å². The lowest BCUT2D eigenvalue weighted by atomic mass is 9.75. The van der Waals surface area contributed by atoms with E-state index in [0.29, 0.717) is 35.1 Å². The second kappa shape index (κ2) is 7.93. The zero-order valence-electron chi connectivity index (χ0n) is 14.6. The Bertz CT molecular complexity index is 776. The largest absolute Gasteiger partial charge is 0.496 e. The molecule has 1 heterocycles. The van der Waals surface area contributed by atoms with Gasteiger partial charge in [0.25, 0.3) is 5.91 Å². The number of ether oxygens (including phenoxy) is 2. The highest BCUT2D eigenvalue weighted by Crippen LogP contribution is 2.38. The summed E-state index contributed by atoms with van der Waals surface area (Å²) in [6.07, 6.45) is 2.63. The maximum atomic E-state index is 12.8. The minimum atomic E-state index is -0.323. The van der Waals surface area contributed by atoms with Crippen molar-refractivity contribution in [1.29, 1.82) is 0 Å². The zero-order valence-corrected chi connectivity index (χ0v) is 15.4. The molecule has 0 aliphatic heterocycles. The van der Waals surface area contributed by atoms with Crippen molar-refractivity contribution in [3.8, 4) is 11.6 Å². The van der Waals surface area contributed by atoms with Gasteiger partial charge in [-0.25, -0.2) is 4.98 Å². The summed E-state index contributed by atoms with van der Waals surface area (Å²) in [6, 6.07) is 8.26. The van der Waals surface area contributed by atoms with Crippen molar-refractivity contribution < 1.29 is 19.4 Å². The molecule has 2 aromatic rings. The number of aliphatic hydroxyl groups is 1. The number of nitrogens with one attached hydrogen (secondary N) is 1. The van der Waals surface area contributed by atoms with Gasteiger partial charge in [0.05, 0.1) is 31.9 Å². The number of carbonyl (C=O) groups is 1. The highest BCUT2D eigenvalue weighted by molar-refractivity contribution is 6.30. The van der Waals surface area contributed by atoms with E-state index < -0.39 is 0 Å². The number of methoxy groups -OCH3 is 2. The zero-order chi connectivity index (χ0) is 18.7. The Morgan fingerprint density at radius 3 is 2.62 bits per heavy atom. The van der Waals surface area contributed by atoms with Crippen LogP contribution in [0.25, 0.3) is 0 Å². The second-order valence-corrected chi connectivity index (χ2v) is 6.75. The van der Waals surface area contributed by atoms with E-state index in [2.05, 4.69) is 10.3 Å². The first-order valence-electron chi connectivity index (χ1n) is 8.34. The summed E-state index contributed by atoms with van der Waals surface area (Å²) in [7, 11) is 3.05. The van der Waals surface area contributed by atoms with Gasteiger partial charge in [-0.2, -0.15) is 0 Å². The number of carbonyl (C=O) groups excluding carboxylic acids is 1. The summed E-state index contributed by atoms with van der Waals surface area (Å²) in [6.45, 7) is 0. The highest BCUT2D eigenvalue weighted by atomic mass is 35.5. The maximum Gasteiger partial charge on any atom is 0.255 e. The Morgan fingerprint density at radius 2 is 2.04 bits per heavy atom. The number of halogens is 1. The van der Waals surface area contributed by atoms with E-state index in [4.69, 9.17) is 21.1 Å². The summed E-state index contributed by atoms with van der Waals surface area (Å²) in [5.41, 5.74) is 1.27. The molecular formula is C19H21ClN2O4. The molecule has 3 rings (SSSR count). The van der Waals surface area contributed by atoms with Crippen molar-refractivity contribution in [1.82, 2.24) is 10.3 Å². The van der Waals surface area contributed by atoms with Crippen molar-refractivity contribution in [3.63, 3.8) is 0 Å². The third-order valence-corrected chi connectivity index (χ3v) is 4.88. The quantitative estimate of drug-likeness (QED) is 0.810. The van der Waals surface area contributed by atoms with Gasteiger partial charge in [0.1, 0.15) is 5.75 Å². The summed E-state index contributed by atoms with van der Waals surface area (Å²) >= 11 is 5.97. The van der Waals surface area contributed by atoms with Crippen LogP contribution in [0.2, 0.25) is 5.02 Å². The SMILES string of the molecule is COc1ccc(C(NC(=O)c2ccc(Cl)cc2OC)C2CC(O)C2)cn1. The van der Waals surface area contributed by atoms with Crippen LogP contribution < -0.4 is 14.8 Å². The number of benzene rings is 1. The van der Waals surface area contributed by atoms with Gasteiger partial charge in [0, 0.05) is 17.3 Å². The van der Waals surface area contributed by atoms with Crippen LogP contribution in [0, 0.1) is 5.92 Å². The third-order valence-electron chi connectivity index (χ3n) is 4.64. The van der Waals surface area contributed by atoms with E-state index in [1.54, 1.807) is 37.6 Å². The predicted octanol–water partition coefficient (Wildman–Crippen LogP) is 2.99. The van der Waals surface area contributed by atoms with Crippen LogP contribution in [0.5, 0.6) is 11.6 Å².